The summed E-state index contributed by atoms with van der Waals surface area (Å²) in [6.07, 6.45) is 0.932. The van der Waals surface area contributed by atoms with Gasteiger partial charge in [-0.3, -0.25) is 4.79 Å². The van der Waals surface area contributed by atoms with Gasteiger partial charge in [0, 0.05) is 17.6 Å². The third-order valence-electron chi connectivity index (χ3n) is 3.91. The van der Waals surface area contributed by atoms with Crippen LogP contribution in [-0.4, -0.2) is 31.7 Å². The minimum atomic E-state index is -0.261. The normalized spacial score (nSPS) is 11.1. The van der Waals surface area contributed by atoms with Crippen LogP contribution < -0.4 is 20.1 Å². The second-order valence-electron chi connectivity index (χ2n) is 7.47. The molecule has 0 radical (unpaired) electrons. The zero-order valence-electron chi connectivity index (χ0n) is 16.7. The molecule has 2 aromatic carbocycles. The molecular formula is C22H30N2O3. The summed E-state index contributed by atoms with van der Waals surface area (Å²) in [4.78, 5) is 11.9. The number of methoxy groups -OCH3 is 1. The van der Waals surface area contributed by atoms with Gasteiger partial charge in [-0.2, -0.15) is 0 Å². The summed E-state index contributed by atoms with van der Waals surface area (Å²) in [7, 11) is 1.67. The summed E-state index contributed by atoms with van der Waals surface area (Å²) < 4.78 is 10.9. The minimum absolute atomic E-state index is 0.0140. The Morgan fingerprint density at radius 3 is 2.41 bits per heavy atom. The summed E-state index contributed by atoms with van der Waals surface area (Å²) in [6.45, 7) is 7.40. The van der Waals surface area contributed by atoms with Gasteiger partial charge < -0.3 is 20.1 Å². The van der Waals surface area contributed by atoms with E-state index in [1.807, 2.05) is 57.2 Å². The maximum Gasteiger partial charge on any atom is 0.258 e. The third-order valence-corrected chi connectivity index (χ3v) is 3.91. The van der Waals surface area contributed by atoms with E-state index in [9.17, 15) is 4.79 Å². The maximum atomic E-state index is 11.9. The first-order chi connectivity index (χ1) is 12.9. The Morgan fingerprint density at radius 2 is 1.74 bits per heavy atom. The molecule has 0 aromatic heterocycles. The molecule has 0 spiro atoms. The fourth-order valence-electron chi connectivity index (χ4n) is 2.64. The number of carbonyl (C=O) groups excluding carboxylic acids is 1. The van der Waals surface area contributed by atoms with Crippen LogP contribution in [0.3, 0.4) is 0 Å². The molecule has 0 aliphatic heterocycles. The molecule has 0 unspecified atom stereocenters. The maximum absolute atomic E-state index is 11.9. The molecule has 5 nitrogen and oxygen atoms in total. The highest BCUT2D eigenvalue weighted by Crippen LogP contribution is 2.18. The van der Waals surface area contributed by atoms with Crippen LogP contribution in [0.1, 0.15) is 31.9 Å². The molecule has 0 atom stereocenters. The average molecular weight is 370 g/mol. The van der Waals surface area contributed by atoms with Crippen molar-refractivity contribution in [2.24, 2.45) is 0 Å². The lowest BCUT2D eigenvalue weighted by atomic mass is 10.1. The molecule has 0 aliphatic rings. The van der Waals surface area contributed by atoms with Crippen molar-refractivity contribution in [2.75, 3.05) is 20.3 Å². The molecule has 2 N–H and O–H groups in total. The number of para-hydroxylation sites is 1. The van der Waals surface area contributed by atoms with Crippen molar-refractivity contribution in [1.82, 2.24) is 10.6 Å². The second kappa shape index (κ2) is 9.97. The molecule has 2 aromatic rings. The largest absolute Gasteiger partial charge is 0.497 e. The summed E-state index contributed by atoms with van der Waals surface area (Å²) >= 11 is 0. The number of hydrogen-bond acceptors (Lipinski definition) is 4. The molecule has 0 fully saturated rings. The number of ether oxygens (including phenoxy) is 2. The van der Waals surface area contributed by atoms with Gasteiger partial charge in [-0.05, 0) is 57.5 Å². The first-order valence-electron chi connectivity index (χ1n) is 9.23. The molecule has 5 heteroatoms. The third kappa shape index (κ3) is 7.71. The molecule has 0 saturated carbocycles. The van der Waals surface area contributed by atoms with Crippen LogP contribution >= 0.6 is 0 Å². The van der Waals surface area contributed by atoms with Crippen molar-refractivity contribution < 1.29 is 14.3 Å². The summed E-state index contributed by atoms with van der Waals surface area (Å²) in [5.41, 5.74) is 2.03. The Kier molecular flexibility index (Phi) is 7.67. The van der Waals surface area contributed by atoms with E-state index < -0.39 is 0 Å². The van der Waals surface area contributed by atoms with Crippen molar-refractivity contribution in [3.8, 4) is 11.5 Å². The lowest BCUT2D eigenvalue weighted by molar-refractivity contribution is -0.124. The van der Waals surface area contributed by atoms with E-state index in [4.69, 9.17) is 9.47 Å². The van der Waals surface area contributed by atoms with Crippen molar-refractivity contribution in [2.45, 2.75) is 39.3 Å². The summed E-state index contributed by atoms with van der Waals surface area (Å²) in [5, 5.41) is 6.33. The van der Waals surface area contributed by atoms with Gasteiger partial charge in [-0.15, -0.1) is 0 Å². The van der Waals surface area contributed by atoms with Crippen molar-refractivity contribution >= 4 is 5.91 Å². The van der Waals surface area contributed by atoms with Crippen LogP contribution in [0, 0.1) is 0 Å². The van der Waals surface area contributed by atoms with Gasteiger partial charge in [-0.1, -0.05) is 30.3 Å². The molecule has 1 amide bonds. The van der Waals surface area contributed by atoms with Crippen LogP contribution in [0.2, 0.25) is 0 Å². The van der Waals surface area contributed by atoms with Gasteiger partial charge >= 0.3 is 0 Å². The minimum Gasteiger partial charge on any atom is -0.497 e. The van der Waals surface area contributed by atoms with Crippen LogP contribution in [0.4, 0.5) is 0 Å². The van der Waals surface area contributed by atoms with Gasteiger partial charge in [0.2, 0.25) is 0 Å². The molecule has 146 valence electrons. The number of amides is 1. The second-order valence-corrected chi connectivity index (χ2v) is 7.47. The molecule has 0 saturated heterocycles. The first-order valence-corrected chi connectivity index (χ1v) is 9.23. The fraction of sp³-hybridized carbons (Fsp3) is 0.409. The van der Waals surface area contributed by atoms with E-state index in [1.54, 1.807) is 7.11 Å². The quantitative estimate of drug-likeness (QED) is 0.665. The highest BCUT2D eigenvalue weighted by Gasteiger charge is 2.14. The number of nitrogens with one attached hydrogen (secondary N) is 2. The molecule has 0 bridgehead atoms. The Balaban J connectivity index is 1.80. The topological polar surface area (TPSA) is 59.6 Å². The number of benzene rings is 2. The van der Waals surface area contributed by atoms with Gasteiger partial charge in [0.25, 0.3) is 5.91 Å². The summed E-state index contributed by atoms with van der Waals surface area (Å²) in [5.74, 6) is 1.48. The van der Waals surface area contributed by atoms with E-state index in [0.717, 1.165) is 30.0 Å². The van der Waals surface area contributed by atoms with E-state index in [2.05, 4.69) is 22.8 Å². The Bertz CT molecular complexity index is 721. The van der Waals surface area contributed by atoms with Crippen molar-refractivity contribution in [3.63, 3.8) is 0 Å². The predicted molar refractivity (Wildman–Crippen MR) is 108 cm³/mol. The zero-order valence-corrected chi connectivity index (χ0v) is 16.7. The van der Waals surface area contributed by atoms with Crippen LogP contribution in [0.25, 0.3) is 0 Å². The molecule has 0 aliphatic carbocycles. The number of hydrogen-bond donors (Lipinski definition) is 2. The highest BCUT2D eigenvalue weighted by molar-refractivity contribution is 5.78. The van der Waals surface area contributed by atoms with Gasteiger partial charge in [0.1, 0.15) is 11.5 Å². The Morgan fingerprint density at radius 1 is 1.04 bits per heavy atom. The predicted octanol–water partition coefficient (Wildman–Crippen LogP) is 3.32. The first kappa shape index (κ1) is 20.8. The fourth-order valence-corrected chi connectivity index (χ4v) is 2.64. The molecule has 2 rings (SSSR count). The van der Waals surface area contributed by atoms with Crippen LogP contribution in [-0.2, 0) is 17.8 Å². The molecule has 0 heterocycles. The van der Waals surface area contributed by atoms with E-state index >= 15 is 0 Å². The lowest BCUT2D eigenvalue weighted by Crippen LogP contribution is -2.43. The van der Waals surface area contributed by atoms with Crippen molar-refractivity contribution in [1.29, 1.82) is 0 Å². The number of rotatable bonds is 9. The Labute approximate surface area is 162 Å². The smallest absolute Gasteiger partial charge is 0.258 e. The Hall–Kier alpha value is -2.53. The van der Waals surface area contributed by atoms with Crippen LogP contribution in [0.5, 0.6) is 11.5 Å². The van der Waals surface area contributed by atoms with Gasteiger partial charge in [0.05, 0.1) is 7.11 Å². The SMILES string of the molecule is COc1ccc(CCNCc2ccccc2OCC(=O)NC(C)(C)C)cc1. The molecule has 27 heavy (non-hydrogen) atoms. The molecular weight excluding hydrogens is 340 g/mol. The van der Waals surface area contributed by atoms with Crippen LogP contribution in [0.15, 0.2) is 48.5 Å². The van der Waals surface area contributed by atoms with E-state index in [0.29, 0.717) is 6.54 Å². The summed E-state index contributed by atoms with van der Waals surface area (Å²) in [6, 6.07) is 15.9. The van der Waals surface area contributed by atoms with E-state index in [-0.39, 0.29) is 18.1 Å². The standard InChI is InChI=1S/C22H30N2O3/c1-22(2,3)24-21(25)16-27-20-8-6-5-7-18(20)15-23-14-13-17-9-11-19(26-4)12-10-17/h5-12,23H,13-16H2,1-4H3,(H,24,25). The van der Waals surface area contributed by atoms with Crippen molar-refractivity contribution in [3.05, 3.63) is 59.7 Å². The highest BCUT2D eigenvalue weighted by atomic mass is 16.5. The zero-order chi connectivity index (χ0) is 19.7. The van der Waals surface area contributed by atoms with Gasteiger partial charge in [-0.25, -0.2) is 0 Å². The average Bonchev–Trinajstić information content (AvgIpc) is 2.63. The number of carbonyl (C=O) groups is 1. The van der Waals surface area contributed by atoms with E-state index in [1.165, 1.54) is 5.56 Å². The monoisotopic (exact) mass is 370 g/mol. The lowest BCUT2D eigenvalue weighted by Gasteiger charge is -2.20. The van der Waals surface area contributed by atoms with Gasteiger partial charge in [0.15, 0.2) is 6.61 Å².